The lowest BCUT2D eigenvalue weighted by Crippen LogP contribution is -2.22. The molecule has 18 heavy (non-hydrogen) atoms. The van der Waals surface area contributed by atoms with Crippen molar-refractivity contribution in [1.29, 1.82) is 0 Å². The Kier molecular flexibility index (Phi) is 3.87. The maximum Gasteiger partial charge on any atom is 0.288 e. The van der Waals surface area contributed by atoms with E-state index in [4.69, 9.17) is 11.6 Å². The van der Waals surface area contributed by atoms with Crippen LogP contribution in [0, 0.1) is 0 Å². The number of nitrogens with zero attached hydrogens (tertiary/aromatic N) is 4. The van der Waals surface area contributed by atoms with E-state index in [-0.39, 0.29) is 10.7 Å². The lowest BCUT2D eigenvalue weighted by atomic mass is 10.3. The van der Waals surface area contributed by atoms with E-state index in [1.54, 1.807) is 10.9 Å². The molecule has 5 nitrogen and oxygen atoms in total. The van der Waals surface area contributed by atoms with Gasteiger partial charge < -0.3 is 4.57 Å². The number of rotatable bonds is 3. The van der Waals surface area contributed by atoms with Crippen LogP contribution in [0.25, 0.3) is 0 Å². The van der Waals surface area contributed by atoms with Gasteiger partial charge in [-0.15, -0.1) is 0 Å². The molecule has 2 aromatic rings. The summed E-state index contributed by atoms with van der Waals surface area (Å²) in [5.74, 6) is 0. The molecule has 0 atom stereocenters. The number of aryl methyl sites for hydroxylation is 2. The van der Waals surface area contributed by atoms with Crippen molar-refractivity contribution in [2.24, 2.45) is 7.05 Å². The highest BCUT2D eigenvalue weighted by atomic mass is 79.9. The van der Waals surface area contributed by atoms with Crippen molar-refractivity contribution >= 4 is 27.5 Å². The van der Waals surface area contributed by atoms with Gasteiger partial charge in [0.25, 0.3) is 5.56 Å². The summed E-state index contributed by atoms with van der Waals surface area (Å²) < 4.78 is 4.22. The minimum Gasteiger partial charge on any atom is -0.305 e. The van der Waals surface area contributed by atoms with Crippen LogP contribution >= 0.6 is 27.5 Å². The van der Waals surface area contributed by atoms with Crippen molar-refractivity contribution in [3.63, 3.8) is 0 Å². The standard InChI is InChI=1S/C11H12BrClN4O/c1-3-7-9(12)8(16(2)15-7)6-17-5-4-14-10(13)11(17)18/h4-5H,3,6H2,1-2H3. The van der Waals surface area contributed by atoms with Crippen LogP contribution in [0.5, 0.6) is 0 Å². The number of hydrogen-bond acceptors (Lipinski definition) is 3. The SMILES string of the molecule is CCc1nn(C)c(Cn2ccnc(Cl)c2=O)c1Br. The number of hydrogen-bond donors (Lipinski definition) is 0. The molecule has 7 heteroatoms. The molecular weight excluding hydrogens is 320 g/mol. The molecule has 0 aliphatic rings. The van der Waals surface area contributed by atoms with Gasteiger partial charge in [-0.1, -0.05) is 18.5 Å². The molecule has 0 saturated heterocycles. The third-order valence-electron chi connectivity index (χ3n) is 2.69. The highest BCUT2D eigenvalue weighted by Crippen LogP contribution is 2.22. The summed E-state index contributed by atoms with van der Waals surface area (Å²) in [5.41, 5.74) is 1.60. The zero-order valence-corrected chi connectivity index (χ0v) is 12.4. The largest absolute Gasteiger partial charge is 0.305 e. The van der Waals surface area contributed by atoms with Crippen molar-refractivity contribution in [2.75, 3.05) is 0 Å². The number of aromatic nitrogens is 4. The van der Waals surface area contributed by atoms with E-state index >= 15 is 0 Å². The molecule has 0 radical (unpaired) electrons. The molecule has 0 fully saturated rings. The highest BCUT2D eigenvalue weighted by molar-refractivity contribution is 9.10. The Hall–Kier alpha value is -1.14. The topological polar surface area (TPSA) is 52.7 Å². The predicted molar refractivity (Wildman–Crippen MR) is 72.9 cm³/mol. The predicted octanol–water partition coefficient (Wildman–Crippen LogP) is 2.00. The van der Waals surface area contributed by atoms with Gasteiger partial charge in [-0.05, 0) is 22.4 Å². The summed E-state index contributed by atoms with van der Waals surface area (Å²) in [5, 5.41) is 4.36. The van der Waals surface area contributed by atoms with Gasteiger partial charge in [-0.3, -0.25) is 9.48 Å². The van der Waals surface area contributed by atoms with Gasteiger partial charge >= 0.3 is 0 Å². The first-order valence-electron chi connectivity index (χ1n) is 5.45. The monoisotopic (exact) mass is 330 g/mol. The van der Waals surface area contributed by atoms with E-state index in [0.717, 1.165) is 22.3 Å². The normalized spacial score (nSPS) is 10.9. The van der Waals surface area contributed by atoms with E-state index in [0.29, 0.717) is 6.54 Å². The Bertz CT molecular complexity index is 634. The van der Waals surface area contributed by atoms with Crippen molar-refractivity contribution < 1.29 is 0 Å². The van der Waals surface area contributed by atoms with Gasteiger partial charge in [0.2, 0.25) is 0 Å². The third-order valence-corrected chi connectivity index (χ3v) is 3.87. The van der Waals surface area contributed by atoms with Crippen LogP contribution in [0.3, 0.4) is 0 Å². The van der Waals surface area contributed by atoms with E-state index < -0.39 is 0 Å². The second-order valence-electron chi connectivity index (χ2n) is 3.84. The van der Waals surface area contributed by atoms with E-state index in [1.165, 1.54) is 10.8 Å². The van der Waals surface area contributed by atoms with Crippen LogP contribution in [0.1, 0.15) is 18.3 Å². The molecule has 0 aliphatic heterocycles. The number of halogens is 2. The van der Waals surface area contributed by atoms with Gasteiger partial charge in [0.15, 0.2) is 5.15 Å². The fraction of sp³-hybridized carbons (Fsp3) is 0.364. The molecule has 0 spiro atoms. The Morgan fingerprint density at radius 3 is 2.83 bits per heavy atom. The van der Waals surface area contributed by atoms with Crippen molar-refractivity contribution in [3.8, 4) is 0 Å². The maximum atomic E-state index is 11.8. The molecule has 0 bridgehead atoms. The first-order valence-corrected chi connectivity index (χ1v) is 6.62. The first-order chi connectivity index (χ1) is 8.54. The minimum atomic E-state index is -0.301. The third kappa shape index (κ3) is 2.35. The fourth-order valence-corrected chi connectivity index (χ4v) is 2.60. The van der Waals surface area contributed by atoms with Crippen LogP contribution < -0.4 is 5.56 Å². The van der Waals surface area contributed by atoms with E-state index in [2.05, 4.69) is 26.0 Å². The molecule has 2 aromatic heterocycles. The van der Waals surface area contributed by atoms with Crippen LogP contribution in [0.2, 0.25) is 5.15 Å². The zero-order valence-electron chi connectivity index (χ0n) is 10.0. The lowest BCUT2D eigenvalue weighted by molar-refractivity contribution is 0.645. The summed E-state index contributed by atoms with van der Waals surface area (Å²) in [4.78, 5) is 15.5. The molecule has 0 amide bonds. The van der Waals surface area contributed by atoms with Gasteiger partial charge in [0.1, 0.15) is 0 Å². The smallest absolute Gasteiger partial charge is 0.288 e. The zero-order chi connectivity index (χ0) is 13.3. The Balaban J connectivity index is 2.43. The molecule has 2 heterocycles. The Labute approximate surface area is 118 Å². The molecule has 0 aliphatic carbocycles. The summed E-state index contributed by atoms with van der Waals surface area (Å²) in [6, 6.07) is 0. The molecule has 0 aromatic carbocycles. The lowest BCUT2D eigenvalue weighted by Gasteiger charge is -2.06. The van der Waals surface area contributed by atoms with Crippen LogP contribution in [-0.2, 0) is 20.0 Å². The summed E-state index contributed by atoms with van der Waals surface area (Å²) in [6.45, 7) is 2.44. The van der Waals surface area contributed by atoms with Gasteiger partial charge in [-0.25, -0.2) is 4.98 Å². The average Bonchev–Trinajstić information content (AvgIpc) is 2.62. The van der Waals surface area contributed by atoms with Gasteiger partial charge in [0, 0.05) is 19.4 Å². The van der Waals surface area contributed by atoms with E-state index in [1.807, 2.05) is 14.0 Å². The van der Waals surface area contributed by atoms with E-state index in [9.17, 15) is 4.79 Å². The summed E-state index contributed by atoms with van der Waals surface area (Å²) >= 11 is 9.23. The second kappa shape index (κ2) is 5.24. The molecular formula is C11H12BrClN4O. The minimum absolute atomic E-state index is 0.0218. The Morgan fingerprint density at radius 2 is 2.22 bits per heavy atom. The second-order valence-corrected chi connectivity index (χ2v) is 4.99. The van der Waals surface area contributed by atoms with Crippen LogP contribution in [-0.4, -0.2) is 19.3 Å². The van der Waals surface area contributed by atoms with Crippen molar-refractivity contribution in [1.82, 2.24) is 19.3 Å². The summed E-state index contributed by atoms with van der Waals surface area (Å²) in [7, 11) is 1.85. The molecule has 2 rings (SSSR count). The highest BCUT2D eigenvalue weighted by Gasteiger charge is 2.13. The first kappa shape index (κ1) is 13.3. The van der Waals surface area contributed by atoms with Crippen molar-refractivity contribution in [2.45, 2.75) is 19.9 Å². The molecule has 0 unspecified atom stereocenters. The molecule has 0 saturated carbocycles. The quantitative estimate of drug-likeness (QED) is 0.864. The average molecular weight is 332 g/mol. The Morgan fingerprint density at radius 1 is 1.50 bits per heavy atom. The molecule has 96 valence electrons. The van der Waals surface area contributed by atoms with Crippen LogP contribution in [0.4, 0.5) is 0 Å². The fourth-order valence-electron chi connectivity index (χ4n) is 1.70. The van der Waals surface area contributed by atoms with Crippen molar-refractivity contribution in [3.05, 3.63) is 43.8 Å². The maximum absolute atomic E-state index is 11.8. The van der Waals surface area contributed by atoms with Crippen LogP contribution in [0.15, 0.2) is 21.7 Å². The molecule has 0 N–H and O–H groups in total. The van der Waals surface area contributed by atoms with Gasteiger partial charge in [0.05, 0.1) is 22.4 Å². The van der Waals surface area contributed by atoms with Gasteiger partial charge in [-0.2, -0.15) is 5.10 Å². The summed E-state index contributed by atoms with van der Waals surface area (Å²) in [6.07, 6.45) is 3.95.